The van der Waals surface area contributed by atoms with Crippen LogP contribution < -0.4 is 10.9 Å². The van der Waals surface area contributed by atoms with Gasteiger partial charge in [0.15, 0.2) is 5.65 Å². The zero-order valence-electron chi connectivity index (χ0n) is 15.4. The first-order chi connectivity index (χ1) is 14.3. The number of nitrogens with one attached hydrogen (secondary N) is 2. The first-order valence-corrected chi connectivity index (χ1v) is 8.95. The number of hydrogen-bond donors (Lipinski definition) is 3. The number of aliphatic hydroxyl groups is 1. The lowest BCUT2D eigenvalue weighted by atomic mass is 10.1. The van der Waals surface area contributed by atoms with E-state index >= 15 is 0 Å². The van der Waals surface area contributed by atoms with Crippen LogP contribution in [0.1, 0.15) is 17.2 Å². The van der Waals surface area contributed by atoms with Gasteiger partial charge in [-0.3, -0.25) is 9.78 Å². The highest BCUT2D eigenvalue weighted by Gasteiger charge is 2.30. The Hall–Kier alpha value is -3.66. The van der Waals surface area contributed by atoms with Crippen LogP contribution >= 0.6 is 0 Å². The van der Waals surface area contributed by atoms with Crippen LogP contribution in [0.4, 0.5) is 19.1 Å². The molecule has 3 N–H and O–H groups in total. The SMILES string of the molecule is O=c1[nH]c(NCC(O)c2cccc(C(F)(F)F)c2)nc2c1cnn2-c1ccccc1. The number of aromatic nitrogens is 4. The summed E-state index contributed by atoms with van der Waals surface area (Å²) in [5, 5.41) is 17.5. The molecule has 0 aliphatic carbocycles. The number of benzene rings is 2. The van der Waals surface area contributed by atoms with Gasteiger partial charge in [-0.1, -0.05) is 30.3 Å². The number of anilines is 1. The normalized spacial score (nSPS) is 12.8. The molecular weight excluding hydrogens is 399 g/mol. The minimum Gasteiger partial charge on any atom is -0.387 e. The Kier molecular flexibility index (Phi) is 5.00. The molecule has 2 heterocycles. The van der Waals surface area contributed by atoms with Gasteiger partial charge < -0.3 is 10.4 Å². The number of nitrogens with zero attached hydrogens (tertiary/aromatic N) is 3. The third-order valence-corrected chi connectivity index (χ3v) is 4.50. The largest absolute Gasteiger partial charge is 0.416 e. The summed E-state index contributed by atoms with van der Waals surface area (Å²) < 4.78 is 40.1. The minimum absolute atomic E-state index is 0.0659. The van der Waals surface area contributed by atoms with Gasteiger partial charge >= 0.3 is 6.18 Å². The molecule has 0 aliphatic rings. The zero-order valence-corrected chi connectivity index (χ0v) is 15.4. The summed E-state index contributed by atoms with van der Waals surface area (Å²) >= 11 is 0. The lowest BCUT2D eigenvalue weighted by molar-refractivity contribution is -0.137. The maximum Gasteiger partial charge on any atom is 0.416 e. The Morgan fingerprint density at radius 2 is 1.90 bits per heavy atom. The van der Waals surface area contributed by atoms with Crippen molar-refractivity contribution in [1.29, 1.82) is 0 Å². The first-order valence-electron chi connectivity index (χ1n) is 8.95. The van der Waals surface area contributed by atoms with Crippen LogP contribution in [0, 0.1) is 0 Å². The monoisotopic (exact) mass is 415 g/mol. The van der Waals surface area contributed by atoms with Crippen molar-refractivity contribution >= 4 is 17.0 Å². The molecule has 0 amide bonds. The van der Waals surface area contributed by atoms with E-state index < -0.39 is 23.4 Å². The second kappa shape index (κ2) is 7.64. The Morgan fingerprint density at radius 1 is 1.13 bits per heavy atom. The molecule has 0 spiro atoms. The van der Waals surface area contributed by atoms with Gasteiger partial charge in [-0.2, -0.15) is 23.3 Å². The van der Waals surface area contributed by atoms with Gasteiger partial charge in [0.05, 0.1) is 23.6 Å². The summed E-state index contributed by atoms with van der Waals surface area (Å²) in [5.74, 6) is 0.0659. The second-order valence-corrected chi connectivity index (χ2v) is 6.56. The van der Waals surface area contributed by atoms with Crippen LogP contribution in [0.3, 0.4) is 0 Å². The van der Waals surface area contributed by atoms with Crippen molar-refractivity contribution in [3.8, 4) is 5.69 Å². The van der Waals surface area contributed by atoms with E-state index in [9.17, 15) is 23.1 Å². The summed E-state index contributed by atoms with van der Waals surface area (Å²) in [6.07, 6.45) is -4.35. The number of hydrogen-bond acceptors (Lipinski definition) is 5. The van der Waals surface area contributed by atoms with Crippen LogP contribution in [-0.2, 0) is 6.18 Å². The van der Waals surface area contributed by atoms with E-state index in [-0.39, 0.29) is 23.4 Å². The van der Waals surface area contributed by atoms with E-state index in [1.54, 1.807) is 12.1 Å². The number of rotatable bonds is 5. The smallest absolute Gasteiger partial charge is 0.387 e. The van der Waals surface area contributed by atoms with Crippen molar-refractivity contribution in [3.05, 3.63) is 82.3 Å². The van der Waals surface area contributed by atoms with Crippen molar-refractivity contribution in [1.82, 2.24) is 19.7 Å². The summed E-state index contributed by atoms with van der Waals surface area (Å²) in [4.78, 5) is 19.2. The molecule has 2 aromatic heterocycles. The highest BCUT2D eigenvalue weighted by Crippen LogP contribution is 2.30. The molecule has 0 saturated heterocycles. The minimum atomic E-state index is -4.50. The molecule has 4 aromatic rings. The average molecular weight is 415 g/mol. The summed E-state index contributed by atoms with van der Waals surface area (Å²) in [6, 6.07) is 13.5. The van der Waals surface area contributed by atoms with Gasteiger partial charge in [0.1, 0.15) is 5.39 Å². The molecule has 0 radical (unpaired) electrons. The molecule has 30 heavy (non-hydrogen) atoms. The fourth-order valence-electron chi connectivity index (χ4n) is 2.99. The third kappa shape index (κ3) is 3.90. The quantitative estimate of drug-likeness (QED) is 0.465. The van der Waals surface area contributed by atoms with Gasteiger partial charge in [0.2, 0.25) is 5.95 Å². The molecular formula is C20H16F3N5O2. The van der Waals surface area contributed by atoms with Crippen LogP contribution in [0.2, 0.25) is 0 Å². The van der Waals surface area contributed by atoms with Gasteiger partial charge in [-0.25, -0.2) is 4.68 Å². The Morgan fingerprint density at radius 3 is 2.63 bits per heavy atom. The lowest BCUT2D eigenvalue weighted by Crippen LogP contribution is -2.18. The Bertz CT molecular complexity index is 1230. The van der Waals surface area contributed by atoms with Crippen LogP contribution in [-0.4, -0.2) is 31.4 Å². The summed E-state index contributed by atoms with van der Waals surface area (Å²) in [5.41, 5.74) is -0.173. The Labute approximate surface area is 167 Å². The average Bonchev–Trinajstić information content (AvgIpc) is 3.17. The number of fused-ring (bicyclic) bond motifs is 1. The molecule has 154 valence electrons. The molecule has 2 aromatic carbocycles. The zero-order chi connectivity index (χ0) is 21.3. The number of halogens is 3. The lowest BCUT2D eigenvalue weighted by Gasteiger charge is -2.14. The molecule has 0 bridgehead atoms. The standard InChI is InChI=1S/C20H16F3N5O2/c21-20(22,23)13-6-4-5-12(9-13)16(29)11-24-19-26-17-15(18(30)27-19)10-25-28(17)14-7-2-1-3-8-14/h1-10,16,29H,11H2,(H2,24,26,27,30). The number of para-hydroxylation sites is 1. The predicted molar refractivity (Wildman–Crippen MR) is 104 cm³/mol. The van der Waals surface area contributed by atoms with E-state index in [0.717, 1.165) is 12.1 Å². The van der Waals surface area contributed by atoms with Crippen molar-refractivity contribution in [2.45, 2.75) is 12.3 Å². The number of H-pyrrole nitrogens is 1. The molecule has 0 aliphatic heterocycles. The highest BCUT2D eigenvalue weighted by molar-refractivity contribution is 5.76. The maximum absolute atomic E-state index is 12.9. The summed E-state index contributed by atoms with van der Waals surface area (Å²) in [7, 11) is 0. The number of alkyl halides is 3. The molecule has 1 atom stereocenters. The fraction of sp³-hybridized carbons (Fsp3) is 0.150. The van der Waals surface area contributed by atoms with Crippen molar-refractivity contribution < 1.29 is 18.3 Å². The van der Waals surface area contributed by atoms with Crippen LogP contribution in [0.25, 0.3) is 16.7 Å². The van der Waals surface area contributed by atoms with E-state index in [1.807, 2.05) is 18.2 Å². The molecule has 7 nitrogen and oxygen atoms in total. The van der Waals surface area contributed by atoms with Gasteiger partial charge in [-0.05, 0) is 29.8 Å². The molecule has 10 heteroatoms. The van der Waals surface area contributed by atoms with Gasteiger partial charge in [0.25, 0.3) is 5.56 Å². The van der Waals surface area contributed by atoms with E-state index in [0.29, 0.717) is 11.3 Å². The first kappa shape index (κ1) is 19.6. The van der Waals surface area contributed by atoms with Gasteiger partial charge in [0, 0.05) is 6.54 Å². The van der Waals surface area contributed by atoms with Crippen LogP contribution in [0.5, 0.6) is 0 Å². The predicted octanol–water partition coefficient (Wildman–Crippen LogP) is 3.27. The number of aromatic amines is 1. The van der Waals surface area contributed by atoms with E-state index in [4.69, 9.17) is 0 Å². The van der Waals surface area contributed by atoms with E-state index in [1.165, 1.54) is 23.0 Å². The maximum atomic E-state index is 12.9. The second-order valence-electron chi connectivity index (χ2n) is 6.56. The molecule has 0 fully saturated rings. The van der Waals surface area contributed by atoms with E-state index in [2.05, 4.69) is 20.4 Å². The van der Waals surface area contributed by atoms with Crippen molar-refractivity contribution in [2.75, 3.05) is 11.9 Å². The molecule has 0 saturated carbocycles. The Balaban J connectivity index is 1.58. The molecule has 4 rings (SSSR count). The molecule has 1 unspecified atom stereocenters. The highest BCUT2D eigenvalue weighted by atomic mass is 19.4. The third-order valence-electron chi connectivity index (χ3n) is 4.50. The number of aliphatic hydroxyl groups excluding tert-OH is 1. The van der Waals surface area contributed by atoms with Crippen molar-refractivity contribution in [2.24, 2.45) is 0 Å². The summed E-state index contributed by atoms with van der Waals surface area (Å²) in [6.45, 7) is -0.158. The topological polar surface area (TPSA) is 95.8 Å². The van der Waals surface area contributed by atoms with Gasteiger partial charge in [-0.15, -0.1) is 0 Å². The van der Waals surface area contributed by atoms with Crippen LogP contribution in [0.15, 0.2) is 65.6 Å². The van der Waals surface area contributed by atoms with Crippen molar-refractivity contribution in [3.63, 3.8) is 0 Å². The fourth-order valence-corrected chi connectivity index (χ4v) is 2.99.